The average molecular weight is 147 g/mol. The van der Waals surface area contributed by atoms with Gasteiger partial charge in [0.1, 0.15) is 0 Å². The molecule has 2 heteroatoms. The van der Waals surface area contributed by atoms with Crippen molar-refractivity contribution in [3.63, 3.8) is 0 Å². The maximum atomic E-state index is 8.88. The summed E-state index contributed by atoms with van der Waals surface area (Å²) in [4.78, 5) is 0. The molecular weight excluding hydrogens is 126 g/mol. The van der Waals surface area contributed by atoms with Gasteiger partial charge in [0.15, 0.2) is 0 Å². The van der Waals surface area contributed by atoms with Gasteiger partial charge in [-0.05, 0) is 12.8 Å². The van der Waals surface area contributed by atoms with Gasteiger partial charge in [-0.3, -0.25) is 0 Å². The molecule has 0 aromatic carbocycles. The molecule has 0 radical (unpaired) electrons. The number of hydrogen-bond donors (Lipinski definition) is 1. The van der Waals surface area contributed by atoms with E-state index >= 15 is 0 Å². The van der Waals surface area contributed by atoms with Crippen LogP contribution in [0.3, 0.4) is 0 Å². The van der Waals surface area contributed by atoms with Crippen LogP contribution in [0.5, 0.6) is 0 Å². The van der Waals surface area contributed by atoms with Crippen LogP contribution in [0.2, 0.25) is 0 Å². The zero-order valence-electron chi connectivity index (χ0n) is 7.72. The van der Waals surface area contributed by atoms with E-state index in [2.05, 4.69) is 13.8 Å². The van der Waals surface area contributed by atoms with Gasteiger partial charge in [-0.15, -0.1) is 0 Å². The van der Waals surface area contributed by atoms with Crippen LogP contribution < -0.4 is 0 Å². The van der Waals surface area contributed by atoms with Crippen molar-refractivity contribution in [3.8, 4) is 0 Å². The van der Waals surface area contributed by atoms with E-state index in [4.69, 9.17) is 5.21 Å². The molecule has 0 heterocycles. The monoisotopic (exact) mass is 147 g/mol. The molecule has 0 aliphatic carbocycles. The molecule has 0 spiro atoms. The van der Waals surface area contributed by atoms with Crippen LogP contribution >= 0.6 is 0 Å². The van der Waals surface area contributed by atoms with E-state index in [1.54, 1.807) is 0 Å². The average Bonchev–Trinajstić information content (AvgIpc) is 1.93. The fraction of sp³-hybridized carbons (Fsp3) is 1.00. The van der Waals surface area contributed by atoms with Gasteiger partial charge in [0, 0.05) is 13.1 Å². The lowest BCUT2D eigenvalue weighted by molar-refractivity contribution is -0.0900. The molecule has 0 aromatic heterocycles. The molecule has 64 valence electrons. The summed E-state index contributed by atoms with van der Waals surface area (Å²) in [6.45, 7) is 9.71. The second-order valence-electron chi connectivity index (χ2n) is 1.95. The molecule has 0 aliphatic rings. The van der Waals surface area contributed by atoms with Gasteiger partial charge in [-0.25, -0.2) is 0 Å². The molecule has 1 N–H and O–H groups in total. The van der Waals surface area contributed by atoms with E-state index in [0.717, 1.165) is 25.9 Å². The molecule has 0 rings (SSSR count). The minimum absolute atomic E-state index is 0.799. The Morgan fingerprint density at radius 2 is 1.30 bits per heavy atom. The quantitative estimate of drug-likeness (QED) is 0.618. The Hall–Kier alpha value is -0.0800. The standard InChI is InChI=1S/C6H15NO.C2H6/c1-3-5-7(8)6-4-2;1-2/h8H,3-6H2,1-2H3;1-2H3. The van der Waals surface area contributed by atoms with Gasteiger partial charge < -0.3 is 5.21 Å². The molecule has 0 saturated carbocycles. The molecule has 0 aromatic rings. The molecule has 0 unspecified atom stereocenters. The fourth-order valence-electron chi connectivity index (χ4n) is 0.628. The Kier molecular flexibility index (Phi) is 14.7. The van der Waals surface area contributed by atoms with Crippen LogP contribution in [-0.2, 0) is 0 Å². The van der Waals surface area contributed by atoms with E-state index in [9.17, 15) is 0 Å². The third-order valence-corrected chi connectivity index (χ3v) is 0.963. The van der Waals surface area contributed by atoms with Crippen molar-refractivity contribution >= 4 is 0 Å². The minimum atomic E-state index is 0.799. The van der Waals surface area contributed by atoms with Crippen molar-refractivity contribution in [3.05, 3.63) is 0 Å². The lowest BCUT2D eigenvalue weighted by atomic mass is 10.4. The largest absolute Gasteiger partial charge is 0.314 e. The Labute approximate surface area is 64.8 Å². The molecule has 0 saturated heterocycles. The van der Waals surface area contributed by atoms with E-state index in [-0.39, 0.29) is 0 Å². The SMILES string of the molecule is CC.CCCN(O)CCC. The summed E-state index contributed by atoms with van der Waals surface area (Å²) in [5.41, 5.74) is 0. The molecule has 0 aliphatic heterocycles. The van der Waals surface area contributed by atoms with Crippen molar-refractivity contribution in [2.45, 2.75) is 40.5 Å². The predicted molar refractivity (Wildman–Crippen MR) is 45.3 cm³/mol. The maximum absolute atomic E-state index is 8.88. The summed E-state index contributed by atoms with van der Waals surface area (Å²) in [5, 5.41) is 10.2. The molecule has 2 nitrogen and oxygen atoms in total. The van der Waals surface area contributed by atoms with Crippen molar-refractivity contribution in [2.24, 2.45) is 0 Å². The van der Waals surface area contributed by atoms with Gasteiger partial charge in [0.25, 0.3) is 0 Å². The van der Waals surface area contributed by atoms with Crippen LogP contribution in [0.25, 0.3) is 0 Å². The Balaban J connectivity index is 0. The highest BCUT2D eigenvalue weighted by Gasteiger charge is 1.92. The van der Waals surface area contributed by atoms with Crippen molar-refractivity contribution in [1.82, 2.24) is 5.06 Å². The summed E-state index contributed by atoms with van der Waals surface area (Å²) < 4.78 is 0. The first kappa shape index (κ1) is 12.6. The summed E-state index contributed by atoms with van der Waals surface area (Å²) in [7, 11) is 0. The number of hydroxylamine groups is 2. The normalized spacial score (nSPS) is 9.00. The highest BCUT2D eigenvalue weighted by atomic mass is 16.5. The summed E-state index contributed by atoms with van der Waals surface area (Å²) in [6.07, 6.45) is 2.05. The summed E-state index contributed by atoms with van der Waals surface area (Å²) in [5.74, 6) is 0. The molecule has 0 amide bonds. The van der Waals surface area contributed by atoms with Crippen molar-refractivity contribution < 1.29 is 5.21 Å². The van der Waals surface area contributed by atoms with Gasteiger partial charge in [0.2, 0.25) is 0 Å². The van der Waals surface area contributed by atoms with E-state index < -0.39 is 0 Å². The lowest BCUT2D eigenvalue weighted by Crippen LogP contribution is -2.20. The van der Waals surface area contributed by atoms with Gasteiger partial charge in [-0.2, -0.15) is 5.06 Å². The van der Waals surface area contributed by atoms with Crippen molar-refractivity contribution in [2.75, 3.05) is 13.1 Å². The first-order valence-electron chi connectivity index (χ1n) is 4.25. The van der Waals surface area contributed by atoms with E-state index in [1.165, 1.54) is 5.06 Å². The first-order valence-corrected chi connectivity index (χ1v) is 4.25. The van der Waals surface area contributed by atoms with Crippen LogP contribution in [-0.4, -0.2) is 23.4 Å². The van der Waals surface area contributed by atoms with Crippen LogP contribution in [0, 0.1) is 0 Å². The number of hydrogen-bond acceptors (Lipinski definition) is 2. The van der Waals surface area contributed by atoms with Gasteiger partial charge in [0.05, 0.1) is 0 Å². The van der Waals surface area contributed by atoms with Crippen molar-refractivity contribution in [1.29, 1.82) is 0 Å². The Bertz CT molecular complexity index is 42.5. The number of rotatable bonds is 4. The second-order valence-corrected chi connectivity index (χ2v) is 1.95. The van der Waals surface area contributed by atoms with E-state index in [1.807, 2.05) is 13.8 Å². The highest BCUT2D eigenvalue weighted by Crippen LogP contribution is 1.86. The second kappa shape index (κ2) is 11.7. The zero-order valence-corrected chi connectivity index (χ0v) is 7.72. The Morgan fingerprint density at radius 3 is 1.50 bits per heavy atom. The molecule has 10 heavy (non-hydrogen) atoms. The molecular formula is C8H21NO. The topological polar surface area (TPSA) is 23.5 Å². The fourth-order valence-corrected chi connectivity index (χ4v) is 0.628. The molecule has 0 atom stereocenters. The van der Waals surface area contributed by atoms with Gasteiger partial charge >= 0.3 is 0 Å². The smallest absolute Gasteiger partial charge is 0.0235 e. The highest BCUT2D eigenvalue weighted by molar-refractivity contribution is 4.38. The third-order valence-electron chi connectivity index (χ3n) is 0.963. The molecule has 0 fully saturated rings. The molecule has 0 bridgehead atoms. The van der Waals surface area contributed by atoms with Crippen LogP contribution in [0.1, 0.15) is 40.5 Å². The maximum Gasteiger partial charge on any atom is 0.0235 e. The first-order chi connectivity index (χ1) is 4.81. The van der Waals surface area contributed by atoms with Crippen LogP contribution in [0.4, 0.5) is 0 Å². The number of nitrogens with zero attached hydrogens (tertiary/aromatic N) is 1. The third kappa shape index (κ3) is 10.8. The summed E-state index contributed by atoms with van der Waals surface area (Å²) in [6, 6.07) is 0. The minimum Gasteiger partial charge on any atom is -0.314 e. The summed E-state index contributed by atoms with van der Waals surface area (Å²) >= 11 is 0. The van der Waals surface area contributed by atoms with E-state index in [0.29, 0.717) is 0 Å². The lowest BCUT2D eigenvalue weighted by Gasteiger charge is -2.10. The Morgan fingerprint density at radius 1 is 1.00 bits per heavy atom. The van der Waals surface area contributed by atoms with Crippen LogP contribution in [0.15, 0.2) is 0 Å². The predicted octanol–water partition coefficient (Wildman–Crippen LogP) is 2.52. The zero-order chi connectivity index (χ0) is 8.41. The van der Waals surface area contributed by atoms with Gasteiger partial charge in [-0.1, -0.05) is 27.7 Å².